The Balaban J connectivity index is 2.44. The molecule has 0 aliphatic carbocycles. The van der Waals surface area contributed by atoms with Gasteiger partial charge in [0.15, 0.2) is 0 Å². The van der Waals surface area contributed by atoms with E-state index in [-0.39, 0.29) is 6.61 Å². The maximum Gasteiger partial charge on any atom is 0.249 e. The van der Waals surface area contributed by atoms with E-state index in [0.29, 0.717) is 12.1 Å². The van der Waals surface area contributed by atoms with E-state index >= 15 is 0 Å². The molecular weight excluding hydrogens is 206 g/mol. The third kappa shape index (κ3) is 3.96. The van der Waals surface area contributed by atoms with Gasteiger partial charge in [0.05, 0.1) is 6.61 Å². The number of rotatable bonds is 7. The first-order valence-corrected chi connectivity index (χ1v) is 5.30. The fourth-order valence-corrected chi connectivity index (χ4v) is 1.47. The smallest absolute Gasteiger partial charge is 0.249 e. The Bertz CT molecular complexity index is 342. The molecule has 0 aliphatic rings. The lowest BCUT2D eigenvalue weighted by atomic mass is 10.1. The van der Waals surface area contributed by atoms with Gasteiger partial charge in [0.25, 0.3) is 0 Å². The van der Waals surface area contributed by atoms with Crippen LogP contribution in [0, 0.1) is 0 Å². The van der Waals surface area contributed by atoms with E-state index in [4.69, 9.17) is 10.8 Å². The Labute approximate surface area is 94.7 Å². The molecule has 0 spiro atoms. The van der Waals surface area contributed by atoms with Crippen molar-refractivity contribution >= 4 is 5.91 Å². The fraction of sp³-hybridized carbons (Fsp3) is 0.455. The summed E-state index contributed by atoms with van der Waals surface area (Å²) in [5.74, 6) is -0.416. The van der Waals surface area contributed by atoms with Crippen molar-refractivity contribution in [3.63, 3.8) is 0 Å². The predicted molar refractivity (Wildman–Crippen MR) is 61.0 cm³/mol. The lowest BCUT2D eigenvalue weighted by molar-refractivity contribution is 0.0999. The zero-order chi connectivity index (χ0) is 11.8. The van der Waals surface area contributed by atoms with Crippen LogP contribution in [-0.2, 0) is 6.42 Å². The summed E-state index contributed by atoms with van der Waals surface area (Å²) in [6.45, 7) is 1.53. The number of primary amides is 1. The number of nitrogens with two attached hydrogens (primary N) is 1. The van der Waals surface area contributed by atoms with Gasteiger partial charge in [-0.05, 0) is 31.0 Å². The van der Waals surface area contributed by atoms with Crippen LogP contribution >= 0.6 is 0 Å². The monoisotopic (exact) mass is 223 g/mol. The Morgan fingerprint density at radius 1 is 1.50 bits per heavy atom. The molecule has 1 amide bonds. The second-order valence-corrected chi connectivity index (χ2v) is 3.47. The van der Waals surface area contributed by atoms with Crippen LogP contribution in [0.5, 0.6) is 0 Å². The number of carbonyl (C=O) groups excluding carboxylic acids is 1. The van der Waals surface area contributed by atoms with Crippen molar-refractivity contribution in [1.29, 1.82) is 0 Å². The molecule has 88 valence electrons. The Kier molecular flexibility index (Phi) is 5.45. The Morgan fingerprint density at radius 3 is 3.00 bits per heavy atom. The van der Waals surface area contributed by atoms with Crippen molar-refractivity contribution in [2.24, 2.45) is 5.73 Å². The molecule has 0 atom stereocenters. The van der Waals surface area contributed by atoms with Crippen molar-refractivity contribution in [2.75, 3.05) is 19.7 Å². The van der Waals surface area contributed by atoms with Crippen LogP contribution in [-0.4, -0.2) is 35.7 Å². The van der Waals surface area contributed by atoms with Gasteiger partial charge < -0.3 is 16.2 Å². The number of nitrogens with zero attached hydrogens (tertiary/aromatic N) is 1. The lowest BCUT2D eigenvalue weighted by Gasteiger charge is -2.06. The molecule has 0 saturated heterocycles. The number of aliphatic hydroxyl groups is 1. The van der Waals surface area contributed by atoms with Gasteiger partial charge in [-0.15, -0.1) is 0 Å². The summed E-state index contributed by atoms with van der Waals surface area (Å²) in [6.07, 6.45) is 4.87. The molecule has 0 aliphatic heterocycles. The molecule has 0 fully saturated rings. The first-order chi connectivity index (χ1) is 7.75. The molecule has 0 radical (unpaired) electrons. The van der Waals surface area contributed by atoms with Crippen LogP contribution in [0.1, 0.15) is 22.3 Å². The second kappa shape index (κ2) is 6.92. The minimum absolute atomic E-state index is 0.138. The molecule has 5 heteroatoms. The van der Waals surface area contributed by atoms with Crippen LogP contribution < -0.4 is 11.1 Å². The SMILES string of the molecule is NC(=O)c1ccncc1CCCNCCO. The van der Waals surface area contributed by atoms with E-state index in [0.717, 1.165) is 24.9 Å². The molecule has 4 N–H and O–H groups in total. The topological polar surface area (TPSA) is 88.2 Å². The second-order valence-electron chi connectivity index (χ2n) is 3.47. The van der Waals surface area contributed by atoms with E-state index in [9.17, 15) is 4.79 Å². The number of pyridine rings is 1. The number of aromatic nitrogens is 1. The largest absolute Gasteiger partial charge is 0.395 e. The van der Waals surface area contributed by atoms with Gasteiger partial charge in [-0.3, -0.25) is 9.78 Å². The number of nitrogens with one attached hydrogen (secondary N) is 1. The molecule has 0 saturated carbocycles. The number of aryl methyl sites for hydroxylation is 1. The number of amides is 1. The van der Waals surface area contributed by atoms with Crippen molar-refractivity contribution < 1.29 is 9.90 Å². The summed E-state index contributed by atoms with van der Waals surface area (Å²) in [4.78, 5) is 15.1. The quantitative estimate of drug-likeness (QED) is 0.553. The highest BCUT2D eigenvalue weighted by Gasteiger charge is 2.06. The Morgan fingerprint density at radius 2 is 2.31 bits per heavy atom. The highest BCUT2D eigenvalue weighted by atomic mass is 16.3. The van der Waals surface area contributed by atoms with E-state index in [1.165, 1.54) is 0 Å². The van der Waals surface area contributed by atoms with Crippen molar-refractivity contribution in [1.82, 2.24) is 10.3 Å². The molecule has 0 aromatic carbocycles. The van der Waals surface area contributed by atoms with Crippen molar-refractivity contribution in [2.45, 2.75) is 12.8 Å². The van der Waals surface area contributed by atoms with Gasteiger partial charge in [0.2, 0.25) is 5.91 Å². The summed E-state index contributed by atoms with van der Waals surface area (Å²) in [7, 11) is 0. The average Bonchev–Trinajstić information content (AvgIpc) is 2.29. The van der Waals surface area contributed by atoms with E-state index < -0.39 is 5.91 Å². The summed E-state index contributed by atoms with van der Waals surface area (Å²) in [5.41, 5.74) is 6.67. The van der Waals surface area contributed by atoms with Crippen LogP contribution in [0.4, 0.5) is 0 Å². The number of hydrogen-bond acceptors (Lipinski definition) is 4. The minimum atomic E-state index is -0.416. The number of aliphatic hydroxyl groups excluding tert-OH is 1. The molecule has 0 unspecified atom stereocenters. The van der Waals surface area contributed by atoms with E-state index in [2.05, 4.69) is 10.3 Å². The highest BCUT2D eigenvalue weighted by Crippen LogP contribution is 2.08. The Hall–Kier alpha value is -1.46. The summed E-state index contributed by atoms with van der Waals surface area (Å²) < 4.78 is 0. The van der Waals surface area contributed by atoms with Crippen LogP contribution in [0.15, 0.2) is 18.5 Å². The maximum atomic E-state index is 11.1. The van der Waals surface area contributed by atoms with Gasteiger partial charge in [0.1, 0.15) is 0 Å². The predicted octanol–water partition coefficient (Wildman–Crippen LogP) is -0.305. The maximum absolute atomic E-state index is 11.1. The third-order valence-electron chi connectivity index (χ3n) is 2.26. The van der Waals surface area contributed by atoms with E-state index in [1.807, 2.05) is 0 Å². The molecule has 1 heterocycles. The third-order valence-corrected chi connectivity index (χ3v) is 2.26. The van der Waals surface area contributed by atoms with Gasteiger partial charge in [-0.25, -0.2) is 0 Å². The van der Waals surface area contributed by atoms with Gasteiger partial charge >= 0.3 is 0 Å². The highest BCUT2D eigenvalue weighted by molar-refractivity contribution is 5.94. The minimum Gasteiger partial charge on any atom is -0.395 e. The van der Waals surface area contributed by atoms with E-state index in [1.54, 1.807) is 18.5 Å². The first kappa shape index (κ1) is 12.6. The average molecular weight is 223 g/mol. The van der Waals surface area contributed by atoms with Crippen molar-refractivity contribution in [3.8, 4) is 0 Å². The van der Waals surface area contributed by atoms with Crippen LogP contribution in [0.25, 0.3) is 0 Å². The lowest BCUT2D eigenvalue weighted by Crippen LogP contribution is -2.20. The summed E-state index contributed by atoms with van der Waals surface area (Å²) in [5, 5.41) is 11.6. The zero-order valence-corrected chi connectivity index (χ0v) is 9.15. The van der Waals surface area contributed by atoms with Crippen LogP contribution in [0.2, 0.25) is 0 Å². The molecule has 0 bridgehead atoms. The van der Waals surface area contributed by atoms with Gasteiger partial charge in [0, 0.05) is 24.5 Å². The molecule has 16 heavy (non-hydrogen) atoms. The van der Waals surface area contributed by atoms with Crippen LogP contribution in [0.3, 0.4) is 0 Å². The zero-order valence-electron chi connectivity index (χ0n) is 9.15. The molecule has 1 rings (SSSR count). The normalized spacial score (nSPS) is 10.3. The van der Waals surface area contributed by atoms with Gasteiger partial charge in [-0.1, -0.05) is 0 Å². The summed E-state index contributed by atoms with van der Waals surface area (Å²) in [6, 6.07) is 1.64. The van der Waals surface area contributed by atoms with Crippen molar-refractivity contribution in [3.05, 3.63) is 29.6 Å². The molecular formula is C11H17N3O2. The number of hydrogen-bond donors (Lipinski definition) is 3. The number of carbonyl (C=O) groups is 1. The molecule has 1 aromatic rings. The molecule has 5 nitrogen and oxygen atoms in total. The first-order valence-electron chi connectivity index (χ1n) is 5.30. The summed E-state index contributed by atoms with van der Waals surface area (Å²) >= 11 is 0. The molecule has 1 aromatic heterocycles. The fourth-order valence-electron chi connectivity index (χ4n) is 1.47. The standard InChI is InChI=1S/C11H17N3O2/c12-11(16)10-3-5-14-8-9(10)2-1-4-13-6-7-15/h3,5,8,13,15H,1-2,4,6-7H2,(H2,12,16). The van der Waals surface area contributed by atoms with Gasteiger partial charge in [-0.2, -0.15) is 0 Å².